The molecule has 0 aromatic carbocycles. The van der Waals surface area contributed by atoms with Gasteiger partial charge in [-0.2, -0.15) is 0 Å². The van der Waals surface area contributed by atoms with E-state index in [0.717, 1.165) is 19.3 Å². The predicted octanol–water partition coefficient (Wildman–Crippen LogP) is 12.1. The lowest BCUT2D eigenvalue weighted by molar-refractivity contribution is -0.151. The highest BCUT2D eigenvalue weighted by molar-refractivity contribution is 5.78. The van der Waals surface area contributed by atoms with Crippen LogP contribution in [0.25, 0.3) is 0 Å². The molecule has 41 heavy (non-hydrogen) atoms. The number of hydrogen-bond acceptors (Lipinski definition) is 3. The standard InChI is InChI=1S/C37H70O4/c1-3-5-6-7-8-9-10-11-12-13-14-15-16-17-18-19-20-21-22-23-24-25-26-27-28-29-30-31-32-35(37(39)40)34-36(38)41-33-4-2/h14-15,35H,3-13,16-34H2,1-2H3,(H,39,40)/b15-14+. The van der Waals surface area contributed by atoms with E-state index >= 15 is 0 Å². The van der Waals surface area contributed by atoms with Crippen LogP contribution in [0.15, 0.2) is 12.2 Å². The van der Waals surface area contributed by atoms with Crippen molar-refractivity contribution in [3.63, 3.8) is 0 Å². The number of carboxylic acids is 1. The largest absolute Gasteiger partial charge is 0.481 e. The van der Waals surface area contributed by atoms with Crippen molar-refractivity contribution in [2.75, 3.05) is 6.61 Å². The van der Waals surface area contributed by atoms with Crippen LogP contribution >= 0.6 is 0 Å². The molecule has 0 bridgehead atoms. The van der Waals surface area contributed by atoms with E-state index in [9.17, 15) is 14.7 Å². The van der Waals surface area contributed by atoms with E-state index < -0.39 is 11.9 Å². The second-order valence-electron chi connectivity index (χ2n) is 12.4. The van der Waals surface area contributed by atoms with Gasteiger partial charge >= 0.3 is 11.9 Å². The fourth-order valence-electron chi connectivity index (χ4n) is 5.55. The number of carbonyl (C=O) groups excluding carboxylic acids is 1. The molecule has 4 nitrogen and oxygen atoms in total. The van der Waals surface area contributed by atoms with Gasteiger partial charge < -0.3 is 9.84 Å². The molecule has 4 heteroatoms. The van der Waals surface area contributed by atoms with E-state index in [1.54, 1.807) is 0 Å². The molecule has 0 fully saturated rings. The first-order valence-electron chi connectivity index (χ1n) is 18.1. The molecule has 0 amide bonds. The molecule has 242 valence electrons. The third kappa shape index (κ3) is 31.4. The van der Waals surface area contributed by atoms with E-state index in [1.165, 1.54) is 154 Å². The lowest BCUT2D eigenvalue weighted by Crippen LogP contribution is -2.19. The van der Waals surface area contributed by atoms with Crippen molar-refractivity contribution < 1.29 is 19.4 Å². The molecule has 1 unspecified atom stereocenters. The summed E-state index contributed by atoms with van der Waals surface area (Å²) in [6.07, 6.45) is 41.0. The fourth-order valence-corrected chi connectivity index (χ4v) is 5.55. The number of carboxylic acid groups (broad SMARTS) is 1. The minimum absolute atomic E-state index is 0.00639. The van der Waals surface area contributed by atoms with Crippen LogP contribution in [-0.4, -0.2) is 23.7 Å². The van der Waals surface area contributed by atoms with Crippen molar-refractivity contribution in [2.24, 2.45) is 5.92 Å². The molecule has 1 atom stereocenters. The Balaban J connectivity index is 3.30. The molecule has 0 rings (SSSR count). The van der Waals surface area contributed by atoms with E-state index in [1.807, 2.05) is 6.92 Å². The Morgan fingerprint density at radius 3 is 1.27 bits per heavy atom. The van der Waals surface area contributed by atoms with Crippen LogP contribution in [0.4, 0.5) is 0 Å². The summed E-state index contributed by atoms with van der Waals surface area (Å²) in [5.41, 5.74) is 0. The molecule has 1 N–H and O–H groups in total. The predicted molar refractivity (Wildman–Crippen MR) is 176 cm³/mol. The summed E-state index contributed by atoms with van der Waals surface area (Å²) >= 11 is 0. The summed E-state index contributed by atoms with van der Waals surface area (Å²) in [4.78, 5) is 23.1. The van der Waals surface area contributed by atoms with E-state index in [2.05, 4.69) is 19.1 Å². The van der Waals surface area contributed by atoms with Gasteiger partial charge in [0.15, 0.2) is 0 Å². The van der Waals surface area contributed by atoms with Crippen molar-refractivity contribution in [3.05, 3.63) is 12.2 Å². The molecule has 0 saturated carbocycles. The summed E-state index contributed by atoms with van der Waals surface area (Å²) in [5.74, 6) is -1.85. The molecule has 0 saturated heterocycles. The zero-order chi connectivity index (χ0) is 30.1. The number of allylic oxidation sites excluding steroid dienone is 2. The van der Waals surface area contributed by atoms with Crippen molar-refractivity contribution in [1.29, 1.82) is 0 Å². The minimum Gasteiger partial charge on any atom is -0.481 e. The monoisotopic (exact) mass is 579 g/mol. The Morgan fingerprint density at radius 1 is 0.537 bits per heavy atom. The minimum atomic E-state index is -0.874. The summed E-state index contributed by atoms with van der Waals surface area (Å²) in [5, 5.41) is 9.34. The number of hydrogen-bond donors (Lipinski definition) is 1. The third-order valence-electron chi connectivity index (χ3n) is 8.29. The second-order valence-corrected chi connectivity index (χ2v) is 12.4. The number of aliphatic carboxylic acids is 1. The SMILES string of the molecule is CCCCCCCCCCC/C=C/CCCCCCCCCCCCCCCCCC(CC(=O)OCCC)C(=O)O. The number of ether oxygens (including phenoxy) is 1. The first-order chi connectivity index (χ1) is 20.1. The Morgan fingerprint density at radius 2 is 0.902 bits per heavy atom. The third-order valence-corrected chi connectivity index (χ3v) is 8.29. The summed E-state index contributed by atoms with van der Waals surface area (Å²) in [6, 6.07) is 0. The Kier molecular flexibility index (Phi) is 32.1. The molecule has 0 aliphatic carbocycles. The maximum atomic E-state index is 11.7. The van der Waals surface area contributed by atoms with E-state index in [4.69, 9.17) is 4.74 Å². The molecule has 0 aliphatic rings. The number of rotatable bonds is 33. The topological polar surface area (TPSA) is 63.6 Å². The summed E-state index contributed by atoms with van der Waals surface area (Å²) < 4.78 is 5.03. The Labute approximate surface area is 255 Å². The zero-order valence-corrected chi connectivity index (χ0v) is 27.6. The van der Waals surface area contributed by atoms with Gasteiger partial charge in [-0.25, -0.2) is 0 Å². The van der Waals surface area contributed by atoms with Gasteiger partial charge in [0.2, 0.25) is 0 Å². The number of unbranched alkanes of at least 4 members (excludes halogenated alkanes) is 24. The second kappa shape index (κ2) is 33.2. The summed E-state index contributed by atoms with van der Waals surface area (Å²) in [6.45, 7) is 4.60. The van der Waals surface area contributed by atoms with Crippen molar-refractivity contribution in [3.8, 4) is 0 Å². The maximum Gasteiger partial charge on any atom is 0.307 e. The molecular formula is C37H70O4. The van der Waals surface area contributed by atoms with Crippen molar-refractivity contribution >= 4 is 11.9 Å². The molecule has 0 heterocycles. The average molecular weight is 579 g/mol. The number of carbonyl (C=O) groups is 2. The molecule has 0 aromatic rings. The molecular weight excluding hydrogens is 508 g/mol. The first-order valence-corrected chi connectivity index (χ1v) is 18.1. The van der Waals surface area contributed by atoms with Crippen molar-refractivity contribution in [2.45, 2.75) is 200 Å². The van der Waals surface area contributed by atoms with Crippen LogP contribution in [0.1, 0.15) is 200 Å². The van der Waals surface area contributed by atoms with Crippen LogP contribution in [0.5, 0.6) is 0 Å². The highest BCUT2D eigenvalue weighted by Gasteiger charge is 2.21. The van der Waals surface area contributed by atoms with E-state index in [0.29, 0.717) is 13.0 Å². The van der Waals surface area contributed by atoms with Crippen molar-refractivity contribution in [1.82, 2.24) is 0 Å². The van der Waals surface area contributed by atoms with Crippen LogP contribution in [0.2, 0.25) is 0 Å². The normalized spacial score (nSPS) is 12.2. The summed E-state index contributed by atoms with van der Waals surface area (Å²) in [7, 11) is 0. The van der Waals surface area contributed by atoms with E-state index in [-0.39, 0.29) is 12.4 Å². The van der Waals surface area contributed by atoms with Gasteiger partial charge in [0.05, 0.1) is 18.9 Å². The van der Waals surface area contributed by atoms with Gasteiger partial charge in [-0.3, -0.25) is 9.59 Å². The number of esters is 1. The lowest BCUT2D eigenvalue weighted by atomic mass is 9.97. The zero-order valence-electron chi connectivity index (χ0n) is 27.6. The van der Waals surface area contributed by atoms with Crippen LogP contribution < -0.4 is 0 Å². The molecule has 0 aliphatic heterocycles. The van der Waals surface area contributed by atoms with Gasteiger partial charge in [0, 0.05) is 0 Å². The molecule has 0 radical (unpaired) electrons. The smallest absolute Gasteiger partial charge is 0.307 e. The van der Waals surface area contributed by atoms with Gasteiger partial charge in [-0.05, 0) is 38.5 Å². The highest BCUT2D eigenvalue weighted by Crippen LogP contribution is 2.18. The highest BCUT2D eigenvalue weighted by atomic mass is 16.5. The van der Waals surface area contributed by atoms with Gasteiger partial charge in [0.25, 0.3) is 0 Å². The first kappa shape index (κ1) is 39.7. The van der Waals surface area contributed by atoms with Crippen LogP contribution in [0.3, 0.4) is 0 Å². The van der Waals surface area contributed by atoms with Crippen LogP contribution in [0, 0.1) is 5.92 Å². The molecule has 0 spiro atoms. The Bertz CT molecular complexity index is 585. The quantitative estimate of drug-likeness (QED) is 0.0478. The Hall–Kier alpha value is -1.32. The fraction of sp³-hybridized carbons (Fsp3) is 0.892. The van der Waals surface area contributed by atoms with Gasteiger partial charge in [0.1, 0.15) is 0 Å². The average Bonchev–Trinajstić information content (AvgIpc) is 2.96. The lowest BCUT2D eigenvalue weighted by Gasteiger charge is -2.11. The van der Waals surface area contributed by atoms with Gasteiger partial charge in [-0.15, -0.1) is 0 Å². The molecule has 0 aromatic heterocycles. The maximum absolute atomic E-state index is 11.7. The van der Waals surface area contributed by atoms with Gasteiger partial charge in [-0.1, -0.05) is 167 Å². The van der Waals surface area contributed by atoms with Crippen LogP contribution in [-0.2, 0) is 14.3 Å².